The Morgan fingerprint density at radius 2 is 1.85 bits per heavy atom. The molecule has 0 bridgehead atoms. The van der Waals surface area contributed by atoms with Crippen molar-refractivity contribution in [2.45, 2.75) is 32.2 Å². The Bertz CT molecular complexity index is 1170. The van der Waals surface area contributed by atoms with Crippen LogP contribution in [-0.2, 0) is 6.18 Å². The highest BCUT2D eigenvalue weighted by atomic mass is 79.9. The van der Waals surface area contributed by atoms with E-state index in [0.29, 0.717) is 12.1 Å². The SMILES string of the molecule is CC(NC(=O)c1cc(C(F)F)cc(C(F)(F)F)c1)c1nc(Br)nn1-c1ccc(OC(F)F)cn1. The van der Waals surface area contributed by atoms with Crippen molar-refractivity contribution in [3.8, 4) is 11.6 Å². The topological polar surface area (TPSA) is 81.9 Å². The first kappa shape index (κ1) is 25.4. The van der Waals surface area contributed by atoms with Gasteiger partial charge in [0, 0.05) is 11.1 Å². The maximum absolute atomic E-state index is 13.1. The van der Waals surface area contributed by atoms with Gasteiger partial charge in [0.05, 0.1) is 17.8 Å². The lowest BCUT2D eigenvalue weighted by atomic mass is 10.0. The van der Waals surface area contributed by atoms with Crippen molar-refractivity contribution in [1.29, 1.82) is 0 Å². The molecule has 15 heteroatoms. The molecule has 1 unspecified atom stereocenters. The van der Waals surface area contributed by atoms with Crippen LogP contribution >= 0.6 is 15.9 Å². The number of alkyl halides is 7. The minimum absolute atomic E-state index is 0.0521. The quantitative estimate of drug-likeness (QED) is 0.391. The van der Waals surface area contributed by atoms with Gasteiger partial charge >= 0.3 is 12.8 Å². The molecule has 182 valence electrons. The van der Waals surface area contributed by atoms with E-state index in [1.165, 1.54) is 19.1 Å². The van der Waals surface area contributed by atoms with Crippen molar-refractivity contribution >= 4 is 21.8 Å². The van der Waals surface area contributed by atoms with Crippen molar-refractivity contribution in [1.82, 2.24) is 25.1 Å². The van der Waals surface area contributed by atoms with Gasteiger partial charge in [-0.3, -0.25) is 4.79 Å². The van der Waals surface area contributed by atoms with Gasteiger partial charge in [-0.15, -0.1) is 5.10 Å². The maximum atomic E-state index is 13.1. The number of pyridine rings is 1. The first-order valence-corrected chi connectivity index (χ1v) is 9.99. The first-order chi connectivity index (χ1) is 15.8. The third-order valence-corrected chi connectivity index (χ3v) is 4.64. The number of halogens is 8. The summed E-state index contributed by atoms with van der Waals surface area (Å²) in [6.45, 7) is -1.64. The molecule has 2 aromatic heterocycles. The van der Waals surface area contributed by atoms with Crippen LogP contribution in [0.25, 0.3) is 5.82 Å². The Morgan fingerprint density at radius 1 is 1.15 bits per heavy atom. The summed E-state index contributed by atoms with van der Waals surface area (Å²) in [4.78, 5) is 20.6. The van der Waals surface area contributed by atoms with Gasteiger partial charge in [-0.1, -0.05) is 0 Å². The van der Waals surface area contributed by atoms with E-state index in [0.717, 1.165) is 10.9 Å². The molecule has 0 aliphatic carbocycles. The molecule has 1 amide bonds. The number of hydrogen-bond acceptors (Lipinski definition) is 5. The number of nitrogens with one attached hydrogen (secondary N) is 1. The maximum Gasteiger partial charge on any atom is 0.416 e. The van der Waals surface area contributed by atoms with E-state index in [-0.39, 0.29) is 28.2 Å². The summed E-state index contributed by atoms with van der Waals surface area (Å²) in [5.74, 6) is -1.15. The molecule has 0 aliphatic heterocycles. The molecule has 2 heterocycles. The van der Waals surface area contributed by atoms with Gasteiger partial charge < -0.3 is 10.1 Å². The number of carbonyl (C=O) groups excluding carboxylic acids is 1. The average molecular weight is 556 g/mol. The molecule has 34 heavy (non-hydrogen) atoms. The van der Waals surface area contributed by atoms with Crippen molar-refractivity contribution in [3.63, 3.8) is 0 Å². The predicted molar refractivity (Wildman–Crippen MR) is 106 cm³/mol. The van der Waals surface area contributed by atoms with Crippen LogP contribution in [0.4, 0.5) is 30.7 Å². The van der Waals surface area contributed by atoms with Gasteiger partial charge in [0.15, 0.2) is 11.6 Å². The van der Waals surface area contributed by atoms with Gasteiger partial charge in [0.2, 0.25) is 4.73 Å². The summed E-state index contributed by atoms with van der Waals surface area (Å²) in [6, 6.07) is 2.86. The number of nitrogens with zero attached hydrogens (tertiary/aromatic N) is 4. The summed E-state index contributed by atoms with van der Waals surface area (Å²) >= 11 is 3.05. The van der Waals surface area contributed by atoms with E-state index < -0.39 is 47.9 Å². The van der Waals surface area contributed by atoms with E-state index in [9.17, 15) is 35.5 Å². The monoisotopic (exact) mass is 555 g/mol. The van der Waals surface area contributed by atoms with Gasteiger partial charge in [-0.2, -0.15) is 26.6 Å². The van der Waals surface area contributed by atoms with Crippen molar-refractivity contribution in [3.05, 3.63) is 63.8 Å². The number of ether oxygens (including phenoxy) is 1. The van der Waals surface area contributed by atoms with Gasteiger partial charge in [0.1, 0.15) is 5.75 Å². The third kappa shape index (κ3) is 6.01. The molecule has 0 saturated carbocycles. The molecule has 0 aliphatic rings. The van der Waals surface area contributed by atoms with Crippen LogP contribution in [0.2, 0.25) is 0 Å². The highest BCUT2D eigenvalue weighted by Crippen LogP contribution is 2.33. The highest BCUT2D eigenvalue weighted by molar-refractivity contribution is 9.10. The van der Waals surface area contributed by atoms with E-state index in [1.54, 1.807) is 0 Å². The van der Waals surface area contributed by atoms with Gasteiger partial charge in [-0.25, -0.2) is 18.7 Å². The second-order valence-corrected chi connectivity index (χ2v) is 7.43. The molecule has 0 spiro atoms. The Kier molecular flexibility index (Phi) is 7.43. The standard InChI is InChI=1S/C19H13BrF7N5O2/c1-8(29-16(33)10-4-9(14(21)22)5-11(6-10)19(25,26)27)15-30-17(20)31-32(15)13-3-2-12(7-28-13)34-18(23)24/h2-8,14,18H,1H3,(H,29,33). The summed E-state index contributed by atoms with van der Waals surface area (Å²) in [5.41, 5.74) is -2.99. The Balaban J connectivity index is 1.88. The first-order valence-electron chi connectivity index (χ1n) is 9.20. The number of hydrogen-bond donors (Lipinski definition) is 1. The lowest BCUT2D eigenvalue weighted by Gasteiger charge is -2.16. The lowest BCUT2D eigenvalue weighted by molar-refractivity contribution is -0.137. The highest BCUT2D eigenvalue weighted by Gasteiger charge is 2.33. The van der Waals surface area contributed by atoms with E-state index in [2.05, 4.69) is 41.1 Å². The van der Waals surface area contributed by atoms with Gasteiger partial charge in [-0.05, 0) is 53.2 Å². The lowest BCUT2D eigenvalue weighted by Crippen LogP contribution is -2.29. The molecule has 3 rings (SSSR count). The van der Waals surface area contributed by atoms with E-state index >= 15 is 0 Å². The van der Waals surface area contributed by atoms with Crippen molar-refractivity contribution in [2.24, 2.45) is 0 Å². The summed E-state index contributed by atoms with van der Waals surface area (Å²) in [6.07, 6.45) is -7.17. The fourth-order valence-electron chi connectivity index (χ4n) is 2.83. The Labute approximate surface area is 195 Å². The van der Waals surface area contributed by atoms with Crippen molar-refractivity contribution < 1.29 is 40.3 Å². The largest absolute Gasteiger partial charge is 0.433 e. The number of benzene rings is 1. The van der Waals surface area contributed by atoms with Crippen LogP contribution < -0.4 is 10.1 Å². The molecule has 1 atom stereocenters. The smallest absolute Gasteiger partial charge is 0.416 e. The normalized spacial score (nSPS) is 12.8. The molecular weight excluding hydrogens is 543 g/mol. The summed E-state index contributed by atoms with van der Waals surface area (Å²) in [7, 11) is 0. The Hall–Kier alpha value is -3.23. The fourth-order valence-corrected chi connectivity index (χ4v) is 3.17. The van der Waals surface area contributed by atoms with Crippen LogP contribution in [0.3, 0.4) is 0 Å². The molecule has 1 N–H and O–H groups in total. The fraction of sp³-hybridized carbons (Fsp3) is 0.263. The summed E-state index contributed by atoms with van der Waals surface area (Å²) in [5, 5.41) is 6.40. The number of aromatic nitrogens is 4. The Morgan fingerprint density at radius 3 is 2.41 bits per heavy atom. The van der Waals surface area contributed by atoms with Crippen LogP contribution in [0.15, 0.2) is 41.3 Å². The van der Waals surface area contributed by atoms with E-state index in [1.807, 2.05) is 0 Å². The van der Waals surface area contributed by atoms with E-state index in [4.69, 9.17) is 0 Å². The van der Waals surface area contributed by atoms with Crippen LogP contribution in [0.1, 0.15) is 46.7 Å². The van der Waals surface area contributed by atoms with Crippen LogP contribution in [-0.4, -0.2) is 32.3 Å². The zero-order valence-corrected chi connectivity index (χ0v) is 18.4. The third-order valence-electron chi connectivity index (χ3n) is 4.30. The molecule has 3 aromatic rings. The van der Waals surface area contributed by atoms with Crippen LogP contribution in [0.5, 0.6) is 5.75 Å². The second kappa shape index (κ2) is 9.95. The molecule has 0 fully saturated rings. The van der Waals surface area contributed by atoms with Gasteiger partial charge in [0.25, 0.3) is 12.3 Å². The van der Waals surface area contributed by atoms with Crippen molar-refractivity contribution in [2.75, 3.05) is 0 Å². The second-order valence-electron chi connectivity index (χ2n) is 6.72. The average Bonchev–Trinajstić information content (AvgIpc) is 3.14. The zero-order chi connectivity index (χ0) is 25.2. The molecule has 7 nitrogen and oxygen atoms in total. The molecule has 0 saturated heterocycles. The van der Waals surface area contributed by atoms with Crippen LogP contribution in [0, 0.1) is 0 Å². The summed E-state index contributed by atoms with van der Waals surface area (Å²) < 4.78 is 95.4. The number of amides is 1. The predicted octanol–water partition coefficient (Wildman–Crippen LogP) is 5.47. The minimum atomic E-state index is -4.94. The minimum Gasteiger partial charge on any atom is -0.433 e. The number of carbonyl (C=O) groups is 1. The number of rotatable bonds is 7. The zero-order valence-electron chi connectivity index (χ0n) is 16.8. The molecule has 1 aromatic carbocycles. The molecular formula is C19H13BrF7N5O2. The molecule has 0 radical (unpaired) electrons.